The van der Waals surface area contributed by atoms with Crippen LogP contribution in [0.1, 0.15) is 38.8 Å². The summed E-state index contributed by atoms with van der Waals surface area (Å²) in [6.45, 7) is 15.3. The average Bonchev–Trinajstić information content (AvgIpc) is 2.79. The standard InChI is InChI=1S/C20H18O6.2C2H6/c1-13(15-9-5-3-6-10-15)25-17(19(21)22)18(20(23)24)26-14(2)16-11-7-4-8-12-16;2*1-2/h3-12,17-18H,1-2H2,(H,21,22)(H,23,24);2*1-2H3/t17-,18-;;/m0../s1. The van der Waals surface area contributed by atoms with Crippen LogP contribution in [0.4, 0.5) is 0 Å². The van der Waals surface area contributed by atoms with Crippen molar-refractivity contribution in [2.75, 3.05) is 0 Å². The van der Waals surface area contributed by atoms with Crippen molar-refractivity contribution in [1.82, 2.24) is 0 Å². The highest BCUT2D eigenvalue weighted by Crippen LogP contribution is 2.22. The fraction of sp³-hybridized carbons (Fsp3) is 0.250. The van der Waals surface area contributed by atoms with Gasteiger partial charge in [0.05, 0.1) is 0 Å². The van der Waals surface area contributed by atoms with Gasteiger partial charge in [0, 0.05) is 11.1 Å². The molecule has 2 rings (SSSR count). The number of hydrogen-bond donors (Lipinski definition) is 2. The largest absolute Gasteiger partial charge is 0.478 e. The van der Waals surface area contributed by atoms with Gasteiger partial charge in [-0.2, -0.15) is 0 Å². The molecule has 0 unspecified atom stereocenters. The molecule has 0 aliphatic rings. The maximum absolute atomic E-state index is 11.6. The van der Waals surface area contributed by atoms with Crippen LogP contribution in [0.2, 0.25) is 0 Å². The van der Waals surface area contributed by atoms with E-state index in [-0.39, 0.29) is 11.5 Å². The molecule has 2 N–H and O–H groups in total. The topological polar surface area (TPSA) is 93.1 Å². The molecule has 2 aromatic rings. The molecule has 0 aliphatic carbocycles. The van der Waals surface area contributed by atoms with E-state index in [4.69, 9.17) is 9.47 Å². The third kappa shape index (κ3) is 8.22. The Bertz CT molecular complexity index is 729. The van der Waals surface area contributed by atoms with Crippen LogP contribution in [0.25, 0.3) is 11.5 Å². The van der Waals surface area contributed by atoms with E-state index in [0.29, 0.717) is 11.1 Å². The molecule has 0 radical (unpaired) electrons. The molecule has 0 spiro atoms. The Labute approximate surface area is 178 Å². The first-order valence-electron chi connectivity index (χ1n) is 9.67. The number of rotatable bonds is 9. The van der Waals surface area contributed by atoms with Gasteiger partial charge in [-0.1, -0.05) is 102 Å². The fourth-order valence-corrected chi connectivity index (χ4v) is 2.17. The molecule has 162 valence electrons. The van der Waals surface area contributed by atoms with Crippen LogP contribution < -0.4 is 0 Å². The molecule has 0 amide bonds. The van der Waals surface area contributed by atoms with E-state index in [9.17, 15) is 19.8 Å². The average molecular weight is 414 g/mol. The minimum atomic E-state index is -1.80. The van der Waals surface area contributed by atoms with Gasteiger partial charge in [0.1, 0.15) is 11.5 Å². The molecule has 2 aromatic carbocycles. The van der Waals surface area contributed by atoms with Crippen LogP contribution in [-0.2, 0) is 19.1 Å². The maximum atomic E-state index is 11.6. The number of carboxylic acid groups (broad SMARTS) is 2. The Balaban J connectivity index is 0.00000198. The van der Waals surface area contributed by atoms with Gasteiger partial charge in [-0.25, -0.2) is 9.59 Å². The quantitative estimate of drug-likeness (QED) is 0.540. The normalized spacial score (nSPS) is 11.2. The van der Waals surface area contributed by atoms with Crippen molar-refractivity contribution >= 4 is 23.5 Å². The minimum absolute atomic E-state index is 0.0261. The molecule has 0 saturated heterocycles. The van der Waals surface area contributed by atoms with Crippen LogP contribution in [0.5, 0.6) is 0 Å². The molecule has 6 heteroatoms. The molecule has 0 heterocycles. The summed E-state index contributed by atoms with van der Waals surface area (Å²) < 4.78 is 10.6. The van der Waals surface area contributed by atoms with Crippen LogP contribution in [0.15, 0.2) is 73.8 Å². The van der Waals surface area contributed by atoms with Crippen molar-refractivity contribution < 1.29 is 29.3 Å². The van der Waals surface area contributed by atoms with Crippen molar-refractivity contribution in [2.45, 2.75) is 39.9 Å². The lowest BCUT2D eigenvalue weighted by molar-refractivity contribution is -0.165. The van der Waals surface area contributed by atoms with E-state index in [1.807, 2.05) is 27.7 Å². The van der Waals surface area contributed by atoms with E-state index in [0.717, 1.165) is 0 Å². The Morgan fingerprint density at radius 1 is 0.667 bits per heavy atom. The van der Waals surface area contributed by atoms with Crippen molar-refractivity contribution in [3.63, 3.8) is 0 Å². The number of carbonyl (C=O) groups is 2. The highest BCUT2D eigenvalue weighted by atomic mass is 16.6. The lowest BCUT2D eigenvalue weighted by Crippen LogP contribution is -2.43. The van der Waals surface area contributed by atoms with Gasteiger partial charge in [-0.15, -0.1) is 0 Å². The summed E-state index contributed by atoms with van der Waals surface area (Å²) in [5.41, 5.74) is 1.06. The molecule has 0 aromatic heterocycles. The summed E-state index contributed by atoms with van der Waals surface area (Å²) in [6.07, 6.45) is -3.61. The van der Waals surface area contributed by atoms with Gasteiger partial charge < -0.3 is 19.7 Å². The van der Waals surface area contributed by atoms with Gasteiger partial charge in [0.15, 0.2) is 0 Å². The monoisotopic (exact) mass is 414 g/mol. The molecular weight excluding hydrogens is 384 g/mol. The molecule has 0 aliphatic heterocycles. The number of hydrogen-bond acceptors (Lipinski definition) is 4. The zero-order chi connectivity index (χ0) is 23.1. The summed E-state index contributed by atoms with van der Waals surface area (Å²) >= 11 is 0. The molecule has 30 heavy (non-hydrogen) atoms. The van der Waals surface area contributed by atoms with Crippen molar-refractivity contribution in [3.8, 4) is 0 Å². The predicted molar refractivity (Wildman–Crippen MR) is 119 cm³/mol. The smallest absolute Gasteiger partial charge is 0.349 e. The summed E-state index contributed by atoms with van der Waals surface area (Å²) in [7, 11) is 0. The number of ether oxygens (including phenoxy) is 2. The van der Waals surface area contributed by atoms with E-state index in [1.54, 1.807) is 60.7 Å². The zero-order valence-corrected chi connectivity index (χ0v) is 17.9. The Kier molecular flexibility index (Phi) is 12.8. The lowest BCUT2D eigenvalue weighted by atomic mass is 10.1. The zero-order valence-electron chi connectivity index (χ0n) is 17.9. The van der Waals surface area contributed by atoms with Crippen molar-refractivity contribution in [2.24, 2.45) is 0 Å². The molecule has 2 atom stereocenters. The molecule has 0 saturated carbocycles. The van der Waals surface area contributed by atoms with Crippen LogP contribution in [0, 0.1) is 0 Å². The predicted octanol–water partition coefficient (Wildman–Crippen LogP) is 5.32. The maximum Gasteiger partial charge on any atom is 0.349 e. The van der Waals surface area contributed by atoms with Gasteiger partial charge >= 0.3 is 11.9 Å². The molecular formula is C24H30O6. The van der Waals surface area contributed by atoms with Crippen molar-refractivity contribution in [1.29, 1.82) is 0 Å². The van der Waals surface area contributed by atoms with E-state index >= 15 is 0 Å². The first-order valence-corrected chi connectivity index (χ1v) is 9.67. The summed E-state index contributed by atoms with van der Waals surface area (Å²) in [5, 5.41) is 18.9. The molecule has 0 fully saturated rings. The number of aliphatic carboxylic acids is 2. The Morgan fingerprint density at radius 3 is 1.17 bits per heavy atom. The van der Waals surface area contributed by atoms with Gasteiger partial charge in [0.25, 0.3) is 0 Å². The second-order valence-electron chi connectivity index (χ2n) is 5.33. The third-order valence-corrected chi connectivity index (χ3v) is 3.49. The Morgan fingerprint density at radius 2 is 0.933 bits per heavy atom. The van der Waals surface area contributed by atoms with Crippen LogP contribution >= 0.6 is 0 Å². The first kappa shape index (κ1) is 26.5. The van der Waals surface area contributed by atoms with Crippen LogP contribution in [0.3, 0.4) is 0 Å². The highest BCUT2D eigenvalue weighted by molar-refractivity contribution is 5.85. The first-order chi connectivity index (χ1) is 14.4. The minimum Gasteiger partial charge on any atom is -0.478 e. The van der Waals surface area contributed by atoms with Gasteiger partial charge in [-0.05, 0) is 0 Å². The van der Waals surface area contributed by atoms with Crippen molar-refractivity contribution in [3.05, 3.63) is 84.9 Å². The third-order valence-electron chi connectivity index (χ3n) is 3.49. The second-order valence-corrected chi connectivity index (χ2v) is 5.33. The summed E-state index contributed by atoms with van der Waals surface area (Å²) in [4.78, 5) is 23.2. The van der Waals surface area contributed by atoms with E-state index in [1.165, 1.54) is 0 Å². The molecule has 6 nitrogen and oxygen atoms in total. The second kappa shape index (κ2) is 14.5. The number of benzene rings is 2. The highest BCUT2D eigenvalue weighted by Gasteiger charge is 2.39. The SMILES string of the molecule is C=C(O[C@H](C(=O)O)[C@H](OC(=C)c1ccccc1)C(=O)O)c1ccccc1.CC.CC. The molecule has 0 bridgehead atoms. The Hall–Kier alpha value is -3.54. The van der Waals surface area contributed by atoms with Gasteiger partial charge in [-0.3, -0.25) is 0 Å². The van der Waals surface area contributed by atoms with E-state index < -0.39 is 24.1 Å². The summed E-state index contributed by atoms with van der Waals surface area (Å²) in [5.74, 6) is -2.93. The van der Waals surface area contributed by atoms with E-state index in [2.05, 4.69) is 13.2 Å². The van der Waals surface area contributed by atoms with Crippen LogP contribution in [-0.4, -0.2) is 34.4 Å². The summed E-state index contributed by atoms with van der Waals surface area (Å²) in [6, 6.07) is 17.1. The fourth-order valence-electron chi connectivity index (χ4n) is 2.17. The lowest BCUT2D eigenvalue weighted by Gasteiger charge is -2.24. The van der Waals surface area contributed by atoms with Gasteiger partial charge in [0.2, 0.25) is 12.2 Å². The number of carboxylic acids is 2.